The number of hydrogen-bond acceptors (Lipinski definition) is 5. The summed E-state index contributed by atoms with van der Waals surface area (Å²) in [4.78, 5) is 6.34. The van der Waals surface area contributed by atoms with Crippen LogP contribution in [-0.4, -0.2) is 18.1 Å². The highest BCUT2D eigenvalue weighted by Gasteiger charge is 2.12. The van der Waals surface area contributed by atoms with Crippen LogP contribution in [0, 0.1) is 0 Å². The lowest BCUT2D eigenvalue weighted by molar-refractivity contribution is 0.807. The van der Waals surface area contributed by atoms with Crippen molar-refractivity contribution >= 4 is 23.0 Å². The van der Waals surface area contributed by atoms with E-state index in [-0.39, 0.29) is 0 Å². The minimum Gasteiger partial charge on any atom is -0.397 e. The fourth-order valence-corrected chi connectivity index (χ4v) is 1.59. The van der Waals surface area contributed by atoms with Gasteiger partial charge < -0.3 is 22.1 Å². The minimum absolute atomic E-state index is 0.305. The monoisotopic (exact) mass is 205 g/mol. The zero-order valence-electron chi connectivity index (χ0n) is 8.48. The summed E-state index contributed by atoms with van der Waals surface area (Å²) in [7, 11) is 0. The molecule has 5 nitrogen and oxygen atoms in total. The Morgan fingerprint density at radius 2 is 2.00 bits per heavy atom. The third kappa shape index (κ3) is 1.81. The Bertz CT molecular complexity index is 376. The fraction of sp³-hybridized carbons (Fsp3) is 0.300. The summed E-state index contributed by atoms with van der Waals surface area (Å²) in [5.41, 5.74) is 17.9. The van der Waals surface area contributed by atoms with Crippen LogP contribution in [0.1, 0.15) is 6.42 Å². The molecule has 1 aromatic heterocycles. The zero-order valence-corrected chi connectivity index (χ0v) is 8.48. The Morgan fingerprint density at radius 1 is 1.20 bits per heavy atom. The molecule has 0 bridgehead atoms. The number of nitrogens with two attached hydrogens (primary N) is 3. The molecule has 1 aromatic rings. The van der Waals surface area contributed by atoms with Gasteiger partial charge in [0.05, 0.1) is 11.4 Å². The number of pyridine rings is 1. The van der Waals surface area contributed by atoms with Crippen molar-refractivity contribution in [2.24, 2.45) is 0 Å². The predicted octanol–water partition coefficient (Wildman–Crippen LogP) is 0.595. The highest BCUT2D eigenvalue weighted by molar-refractivity contribution is 5.77. The number of hydrogen-bond donors (Lipinski definition) is 3. The van der Waals surface area contributed by atoms with Crippen LogP contribution in [0.3, 0.4) is 0 Å². The van der Waals surface area contributed by atoms with Crippen molar-refractivity contribution in [1.29, 1.82) is 0 Å². The Morgan fingerprint density at radius 3 is 2.60 bits per heavy atom. The third-order valence-corrected chi connectivity index (χ3v) is 2.49. The topological polar surface area (TPSA) is 94.2 Å². The third-order valence-electron chi connectivity index (χ3n) is 2.49. The summed E-state index contributed by atoms with van der Waals surface area (Å²) >= 11 is 0. The van der Waals surface area contributed by atoms with Gasteiger partial charge in [-0.25, -0.2) is 4.98 Å². The Balaban J connectivity index is 2.32. The number of nitrogen functional groups attached to an aromatic ring is 3. The first-order valence-corrected chi connectivity index (χ1v) is 4.90. The van der Waals surface area contributed by atoms with E-state index in [0.29, 0.717) is 17.2 Å². The molecule has 15 heavy (non-hydrogen) atoms. The molecule has 0 atom stereocenters. The number of nitrogens with zero attached hydrogens (tertiary/aromatic N) is 2. The second-order valence-corrected chi connectivity index (χ2v) is 3.57. The van der Waals surface area contributed by atoms with Gasteiger partial charge in [-0.15, -0.1) is 0 Å². The molecular formula is C10H15N5. The quantitative estimate of drug-likeness (QED) is 0.583. The van der Waals surface area contributed by atoms with Crippen LogP contribution in [0.15, 0.2) is 18.2 Å². The Kier molecular flexibility index (Phi) is 2.37. The fourth-order valence-electron chi connectivity index (χ4n) is 1.59. The van der Waals surface area contributed by atoms with Crippen LogP contribution < -0.4 is 22.1 Å². The van der Waals surface area contributed by atoms with Crippen molar-refractivity contribution in [2.45, 2.75) is 6.42 Å². The van der Waals surface area contributed by atoms with Crippen LogP contribution in [0.25, 0.3) is 0 Å². The summed E-state index contributed by atoms with van der Waals surface area (Å²) < 4.78 is 0. The molecule has 5 heteroatoms. The van der Waals surface area contributed by atoms with E-state index >= 15 is 0 Å². The van der Waals surface area contributed by atoms with Crippen LogP contribution >= 0.6 is 0 Å². The van der Waals surface area contributed by atoms with Gasteiger partial charge in [0.15, 0.2) is 5.82 Å². The molecule has 0 saturated carbocycles. The molecule has 2 heterocycles. The lowest BCUT2D eigenvalue weighted by atomic mass is 10.2. The molecule has 0 fully saturated rings. The Labute approximate surface area is 88.6 Å². The van der Waals surface area contributed by atoms with Gasteiger partial charge in [0.25, 0.3) is 0 Å². The van der Waals surface area contributed by atoms with Crippen molar-refractivity contribution in [3.8, 4) is 0 Å². The van der Waals surface area contributed by atoms with E-state index in [4.69, 9.17) is 17.2 Å². The largest absolute Gasteiger partial charge is 0.397 e. The van der Waals surface area contributed by atoms with Gasteiger partial charge >= 0.3 is 0 Å². The summed E-state index contributed by atoms with van der Waals surface area (Å²) in [6, 6.07) is 1.77. The van der Waals surface area contributed by atoms with E-state index in [9.17, 15) is 0 Å². The second-order valence-electron chi connectivity index (χ2n) is 3.57. The van der Waals surface area contributed by atoms with Gasteiger partial charge in [0, 0.05) is 19.2 Å². The first-order chi connectivity index (χ1) is 7.18. The zero-order chi connectivity index (χ0) is 10.8. The van der Waals surface area contributed by atoms with Gasteiger partial charge in [-0.3, -0.25) is 0 Å². The Hall–Kier alpha value is -1.91. The van der Waals surface area contributed by atoms with Crippen LogP contribution in [0.4, 0.5) is 23.0 Å². The van der Waals surface area contributed by atoms with E-state index < -0.39 is 0 Å². The SMILES string of the molecule is Nc1cc(N2CC=CCC2)nc(N)c1N. The molecule has 0 unspecified atom stereocenters. The molecule has 1 aliphatic heterocycles. The van der Waals surface area contributed by atoms with Crippen molar-refractivity contribution in [3.05, 3.63) is 18.2 Å². The summed E-state index contributed by atoms with van der Waals surface area (Å²) in [5.74, 6) is 1.10. The second kappa shape index (κ2) is 3.68. The van der Waals surface area contributed by atoms with Crippen LogP contribution in [0.2, 0.25) is 0 Å². The average Bonchev–Trinajstić information content (AvgIpc) is 2.26. The lowest BCUT2D eigenvalue weighted by Crippen LogP contribution is -2.28. The number of rotatable bonds is 1. The highest BCUT2D eigenvalue weighted by Crippen LogP contribution is 2.26. The summed E-state index contributed by atoms with van der Waals surface area (Å²) in [5, 5.41) is 0. The lowest BCUT2D eigenvalue weighted by Gasteiger charge is -2.25. The average molecular weight is 205 g/mol. The van der Waals surface area contributed by atoms with E-state index in [1.165, 1.54) is 0 Å². The number of anilines is 4. The van der Waals surface area contributed by atoms with Gasteiger partial charge in [0.1, 0.15) is 5.82 Å². The van der Waals surface area contributed by atoms with Gasteiger partial charge in [0.2, 0.25) is 0 Å². The predicted molar refractivity (Wildman–Crippen MR) is 63.4 cm³/mol. The van der Waals surface area contributed by atoms with Gasteiger partial charge in [-0.2, -0.15) is 0 Å². The summed E-state index contributed by atoms with van der Waals surface area (Å²) in [6.07, 6.45) is 5.28. The molecule has 0 spiro atoms. The molecule has 0 radical (unpaired) electrons. The van der Waals surface area contributed by atoms with E-state index in [2.05, 4.69) is 22.0 Å². The van der Waals surface area contributed by atoms with Crippen molar-refractivity contribution < 1.29 is 0 Å². The van der Waals surface area contributed by atoms with Gasteiger partial charge in [-0.1, -0.05) is 12.2 Å². The maximum absolute atomic E-state index is 5.74. The normalized spacial score (nSPS) is 15.6. The number of aromatic nitrogens is 1. The van der Waals surface area contributed by atoms with Gasteiger partial charge in [-0.05, 0) is 6.42 Å². The molecule has 0 amide bonds. The smallest absolute Gasteiger partial charge is 0.151 e. The molecule has 1 aliphatic rings. The minimum atomic E-state index is 0.305. The van der Waals surface area contributed by atoms with Crippen molar-refractivity contribution in [3.63, 3.8) is 0 Å². The van der Waals surface area contributed by atoms with E-state index in [0.717, 1.165) is 25.3 Å². The first kappa shape index (κ1) is 9.64. The van der Waals surface area contributed by atoms with Crippen molar-refractivity contribution in [1.82, 2.24) is 4.98 Å². The molecule has 2 rings (SSSR count). The van der Waals surface area contributed by atoms with Crippen LogP contribution in [-0.2, 0) is 0 Å². The van der Waals surface area contributed by atoms with Crippen LogP contribution in [0.5, 0.6) is 0 Å². The molecule has 0 saturated heterocycles. The first-order valence-electron chi connectivity index (χ1n) is 4.90. The van der Waals surface area contributed by atoms with Crippen molar-refractivity contribution in [2.75, 3.05) is 35.2 Å². The molecule has 0 aromatic carbocycles. The molecular weight excluding hydrogens is 190 g/mol. The molecule has 0 aliphatic carbocycles. The van der Waals surface area contributed by atoms with E-state index in [1.807, 2.05) is 0 Å². The van der Waals surface area contributed by atoms with E-state index in [1.54, 1.807) is 6.07 Å². The standard InChI is InChI=1S/C10H15N5/c11-7-6-8(14-10(13)9(7)12)15-4-2-1-3-5-15/h1-2,6H,3-5,12H2,(H4,11,13,14). The maximum atomic E-state index is 5.74. The molecule has 6 N–H and O–H groups in total. The maximum Gasteiger partial charge on any atom is 0.151 e. The molecule has 80 valence electrons. The highest BCUT2D eigenvalue weighted by atomic mass is 15.2. The summed E-state index contributed by atoms with van der Waals surface area (Å²) in [6.45, 7) is 1.78.